The van der Waals surface area contributed by atoms with E-state index >= 15 is 0 Å². The molecule has 1 heterocycles. The highest BCUT2D eigenvalue weighted by molar-refractivity contribution is 5.81. The van der Waals surface area contributed by atoms with Crippen molar-refractivity contribution in [3.63, 3.8) is 0 Å². The molecular formula is C10H12N4O5. The summed E-state index contributed by atoms with van der Waals surface area (Å²) >= 11 is 0. The van der Waals surface area contributed by atoms with Gasteiger partial charge in [0.25, 0.3) is 0 Å². The van der Waals surface area contributed by atoms with Crippen molar-refractivity contribution < 1.29 is 19.6 Å². The van der Waals surface area contributed by atoms with Gasteiger partial charge in [-0.2, -0.15) is 4.68 Å². The van der Waals surface area contributed by atoms with Crippen LogP contribution in [-0.2, 0) is 16.1 Å². The summed E-state index contributed by atoms with van der Waals surface area (Å²) in [7, 11) is 0. The summed E-state index contributed by atoms with van der Waals surface area (Å²) in [5.41, 5.74) is 0. The lowest BCUT2D eigenvalue weighted by Gasteiger charge is -2.17. The molecule has 0 saturated heterocycles. The van der Waals surface area contributed by atoms with Crippen LogP contribution in [0.15, 0.2) is 24.9 Å². The van der Waals surface area contributed by atoms with Gasteiger partial charge >= 0.3 is 11.8 Å². The van der Waals surface area contributed by atoms with E-state index in [1.54, 1.807) is 0 Å². The normalized spacial score (nSPS) is 9.89. The quantitative estimate of drug-likeness (QED) is 0.418. The molecule has 0 aliphatic rings. The van der Waals surface area contributed by atoms with Crippen molar-refractivity contribution >= 4 is 17.7 Å². The van der Waals surface area contributed by atoms with Gasteiger partial charge in [-0.15, -0.1) is 6.58 Å². The molecule has 0 radical (unpaired) electrons. The minimum absolute atomic E-state index is 0.0779. The van der Waals surface area contributed by atoms with Gasteiger partial charge in [-0.3, -0.25) is 9.59 Å². The Hall–Kier alpha value is -2.71. The molecular weight excluding hydrogens is 256 g/mol. The fraction of sp³-hybridized carbons (Fsp3) is 0.300. The van der Waals surface area contributed by atoms with Gasteiger partial charge in [0, 0.05) is 6.54 Å². The summed E-state index contributed by atoms with van der Waals surface area (Å²) in [6, 6.07) is 1.16. The summed E-state index contributed by atoms with van der Waals surface area (Å²) in [6.07, 6.45) is 2.68. The highest BCUT2D eigenvalue weighted by atomic mass is 16.6. The highest BCUT2D eigenvalue weighted by Gasteiger charge is 2.19. The molecule has 1 aromatic rings. The van der Waals surface area contributed by atoms with Gasteiger partial charge < -0.3 is 20.1 Å². The van der Waals surface area contributed by atoms with Gasteiger partial charge in [0.2, 0.25) is 5.91 Å². The number of hydrogen-bond acceptors (Lipinski definition) is 5. The van der Waals surface area contributed by atoms with Crippen molar-refractivity contribution in [3.05, 3.63) is 35.0 Å². The Morgan fingerprint density at radius 1 is 1.63 bits per heavy atom. The molecule has 1 N–H and O–H groups in total. The number of nitrogens with zero attached hydrogens (tertiary/aromatic N) is 4. The Balaban J connectivity index is 2.71. The summed E-state index contributed by atoms with van der Waals surface area (Å²) in [5, 5.41) is 22.7. The number of nitro groups is 1. The van der Waals surface area contributed by atoms with Crippen LogP contribution >= 0.6 is 0 Å². The molecule has 0 fully saturated rings. The molecule has 102 valence electrons. The fourth-order valence-corrected chi connectivity index (χ4v) is 1.35. The molecule has 0 spiro atoms. The first-order valence-corrected chi connectivity index (χ1v) is 5.22. The third-order valence-corrected chi connectivity index (χ3v) is 2.14. The smallest absolute Gasteiger partial charge is 0.389 e. The van der Waals surface area contributed by atoms with Crippen molar-refractivity contribution in [2.75, 3.05) is 13.1 Å². The van der Waals surface area contributed by atoms with Crippen molar-refractivity contribution in [1.29, 1.82) is 0 Å². The van der Waals surface area contributed by atoms with Crippen LogP contribution in [0, 0.1) is 10.1 Å². The van der Waals surface area contributed by atoms with Crippen LogP contribution in [0.2, 0.25) is 0 Å². The van der Waals surface area contributed by atoms with E-state index in [1.807, 2.05) is 0 Å². The van der Waals surface area contributed by atoms with Crippen molar-refractivity contribution in [2.24, 2.45) is 0 Å². The third kappa shape index (κ3) is 4.22. The molecule has 1 aromatic heterocycles. The summed E-state index contributed by atoms with van der Waals surface area (Å²) < 4.78 is 1.08. The molecule has 0 aliphatic carbocycles. The maximum absolute atomic E-state index is 11.8. The van der Waals surface area contributed by atoms with Crippen molar-refractivity contribution in [1.82, 2.24) is 14.7 Å². The largest absolute Gasteiger partial charge is 0.480 e. The molecule has 0 aliphatic heterocycles. The standard InChI is InChI=1S/C10H12N4O5/c1-2-4-12(7-10(16)17)9(15)6-13-5-3-8(11-13)14(18)19/h2-3,5H,1,4,6-7H2,(H,16,17). The van der Waals surface area contributed by atoms with Gasteiger partial charge in [0.1, 0.15) is 13.1 Å². The lowest BCUT2D eigenvalue weighted by molar-refractivity contribution is -0.389. The van der Waals surface area contributed by atoms with E-state index in [0.717, 1.165) is 15.6 Å². The molecule has 9 heteroatoms. The Kier molecular flexibility index (Phi) is 4.75. The molecule has 0 unspecified atom stereocenters. The van der Waals surface area contributed by atoms with Crippen LogP contribution in [0.1, 0.15) is 0 Å². The Bertz CT molecular complexity index is 510. The Morgan fingerprint density at radius 3 is 2.79 bits per heavy atom. The summed E-state index contributed by atoms with van der Waals surface area (Å²) in [5.74, 6) is -2.04. The molecule has 19 heavy (non-hydrogen) atoms. The Morgan fingerprint density at radius 2 is 2.32 bits per heavy atom. The topological polar surface area (TPSA) is 119 Å². The van der Waals surface area contributed by atoms with E-state index in [9.17, 15) is 19.7 Å². The van der Waals surface area contributed by atoms with Crippen LogP contribution in [0.3, 0.4) is 0 Å². The predicted molar refractivity (Wildman–Crippen MR) is 63.3 cm³/mol. The van der Waals surface area contributed by atoms with Gasteiger partial charge in [-0.05, 0) is 4.92 Å². The number of aliphatic carboxylic acids is 1. The zero-order valence-corrected chi connectivity index (χ0v) is 9.93. The SMILES string of the molecule is C=CCN(CC(=O)O)C(=O)Cn1ccc([N+](=O)[O-])n1. The van der Waals surface area contributed by atoms with E-state index < -0.39 is 23.3 Å². The third-order valence-electron chi connectivity index (χ3n) is 2.14. The Labute approximate surface area is 107 Å². The number of amides is 1. The monoisotopic (exact) mass is 268 g/mol. The predicted octanol–water partition coefficient (Wildman–Crippen LogP) is -0.110. The number of rotatable bonds is 7. The van der Waals surface area contributed by atoms with Gasteiger partial charge in [0.15, 0.2) is 0 Å². The molecule has 0 atom stereocenters. The van der Waals surface area contributed by atoms with Crippen LogP contribution < -0.4 is 0 Å². The average molecular weight is 268 g/mol. The molecule has 1 amide bonds. The van der Waals surface area contributed by atoms with Crippen molar-refractivity contribution in [3.8, 4) is 0 Å². The molecule has 0 saturated carbocycles. The van der Waals surface area contributed by atoms with Gasteiger partial charge in [-0.25, -0.2) is 0 Å². The average Bonchev–Trinajstić information content (AvgIpc) is 2.76. The number of aromatic nitrogens is 2. The van der Waals surface area contributed by atoms with E-state index in [1.165, 1.54) is 12.3 Å². The number of carboxylic acid groups (broad SMARTS) is 1. The van der Waals surface area contributed by atoms with Gasteiger partial charge in [0.05, 0.1) is 17.4 Å². The van der Waals surface area contributed by atoms with Crippen LogP contribution in [0.25, 0.3) is 0 Å². The second-order valence-corrected chi connectivity index (χ2v) is 3.59. The number of hydrogen-bond donors (Lipinski definition) is 1. The summed E-state index contributed by atoms with van der Waals surface area (Å²) in [4.78, 5) is 33.2. The maximum atomic E-state index is 11.8. The number of carbonyl (C=O) groups is 2. The second kappa shape index (κ2) is 6.28. The molecule has 0 aromatic carbocycles. The first kappa shape index (κ1) is 14.4. The zero-order chi connectivity index (χ0) is 14.4. The van der Waals surface area contributed by atoms with Crippen LogP contribution in [0.4, 0.5) is 5.82 Å². The lowest BCUT2D eigenvalue weighted by Crippen LogP contribution is -2.38. The second-order valence-electron chi connectivity index (χ2n) is 3.59. The lowest BCUT2D eigenvalue weighted by atomic mass is 10.4. The van der Waals surface area contributed by atoms with E-state index in [0.29, 0.717) is 0 Å². The first-order valence-electron chi connectivity index (χ1n) is 5.22. The van der Waals surface area contributed by atoms with E-state index in [2.05, 4.69) is 11.7 Å². The minimum atomic E-state index is -1.15. The van der Waals surface area contributed by atoms with E-state index in [-0.39, 0.29) is 18.9 Å². The molecule has 0 bridgehead atoms. The highest BCUT2D eigenvalue weighted by Crippen LogP contribution is 2.05. The molecule has 9 nitrogen and oxygen atoms in total. The minimum Gasteiger partial charge on any atom is -0.480 e. The summed E-state index contributed by atoms with van der Waals surface area (Å²) in [6.45, 7) is 2.77. The first-order chi connectivity index (χ1) is 8.93. The fourth-order valence-electron chi connectivity index (χ4n) is 1.35. The molecule has 1 rings (SSSR count). The maximum Gasteiger partial charge on any atom is 0.389 e. The zero-order valence-electron chi connectivity index (χ0n) is 9.93. The number of carboxylic acids is 1. The van der Waals surface area contributed by atoms with Crippen molar-refractivity contribution in [2.45, 2.75) is 6.54 Å². The van der Waals surface area contributed by atoms with E-state index in [4.69, 9.17) is 5.11 Å². The van der Waals surface area contributed by atoms with Gasteiger partial charge in [-0.1, -0.05) is 6.08 Å². The number of carbonyl (C=O) groups excluding carboxylic acids is 1. The van der Waals surface area contributed by atoms with Crippen LogP contribution in [-0.4, -0.2) is 49.7 Å². The van der Waals surface area contributed by atoms with Crippen LogP contribution in [0.5, 0.6) is 0 Å².